The van der Waals surface area contributed by atoms with Crippen LogP contribution >= 0.6 is 0 Å². The molecular weight excluding hydrogens is 302 g/mol. The average Bonchev–Trinajstić information content (AvgIpc) is 2.87. The van der Waals surface area contributed by atoms with Crippen LogP contribution in [0.4, 0.5) is 5.69 Å². The molecule has 2 saturated heterocycles. The largest absolute Gasteiger partial charge is 0.333 e. The maximum Gasteiger partial charge on any atom is 0.254 e. The average molecular weight is 323 g/mol. The van der Waals surface area contributed by atoms with Crippen LogP contribution in [-0.4, -0.2) is 57.2 Å². The maximum absolute atomic E-state index is 12.5. The lowest BCUT2D eigenvalue weighted by molar-refractivity contribution is 0.0656. The molecule has 2 heterocycles. The summed E-state index contributed by atoms with van der Waals surface area (Å²) in [5, 5.41) is 3.26. The summed E-state index contributed by atoms with van der Waals surface area (Å²) in [6.07, 6.45) is 0.654. The van der Waals surface area contributed by atoms with E-state index in [4.69, 9.17) is 0 Å². The topological polar surface area (TPSA) is 69.7 Å². The monoisotopic (exact) mass is 323 g/mol. The molecule has 0 bridgehead atoms. The summed E-state index contributed by atoms with van der Waals surface area (Å²) < 4.78 is 25.3. The third-order valence-corrected chi connectivity index (χ3v) is 6.13. The van der Waals surface area contributed by atoms with E-state index in [-0.39, 0.29) is 17.7 Å². The quantitative estimate of drug-likeness (QED) is 0.868. The van der Waals surface area contributed by atoms with Gasteiger partial charge < -0.3 is 10.2 Å². The van der Waals surface area contributed by atoms with E-state index in [1.54, 1.807) is 24.3 Å². The van der Waals surface area contributed by atoms with Crippen molar-refractivity contribution in [1.29, 1.82) is 0 Å². The highest BCUT2D eigenvalue weighted by Gasteiger charge is 2.29. The minimum Gasteiger partial charge on any atom is -0.333 e. The number of hydrogen-bond donors (Lipinski definition) is 1. The molecule has 6 nitrogen and oxygen atoms in total. The number of sulfonamides is 1. The highest BCUT2D eigenvalue weighted by molar-refractivity contribution is 7.93. The molecule has 1 aromatic carbocycles. The molecule has 0 spiro atoms. The summed E-state index contributed by atoms with van der Waals surface area (Å²) in [6, 6.07) is 7.06. The van der Waals surface area contributed by atoms with Gasteiger partial charge in [0.1, 0.15) is 0 Å². The minimum atomic E-state index is -3.17. The fourth-order valence-electron chi connectivity index (χ4n) is 3.01. The van der Waals surface area contributed by atoms with Gasteiger partial charge in [-0.15, -0.1) is 0 Å². The van der Waals surface area contributed by atoms with Crippen LogP contribution in [0.25, 0.3) is 0 Å². The van der Waals surface area contributed by atoms with E-state index in [1.807, 2.05) is 11.8 Å². The van der Waals surface area contributed by atoms with Gasteiger partial charge in [-0.2, -0.15) is 0 Å². The molecule has 2 aliphatic rings. The lowest BCUT2D eigenvalue weighted by Gasteiger charge is -2.34. The molecular formula is C15H21N3O3S. The van der Waals surface area contributed by atoms with Crippen molar-refractivity contribution in [3.8, 4) is 0 Å². The lowest BCUT2D eigenvalue weighted by Crippen LogP contribution is -2.52. The molecule has 1 atom stereocenters. The Kier molecular flexibility index (Phi) is 4.10. The molecule has 1 aromatic rings. The highest BCUT2D eigenvalue weighted by atomic mass is 32.2. The fourth-order valence-corrected chi connectivity index (χ4v) is 4.57. The summed E-state index contributed by atoms with van der Waals surface area (Å²) in [4.78, 5) is 14.4. The Balaban J connectivity index is 1.78. The minimum absolute atomic E-state index is 0.00447. The first-order valence-corrected chi connectivity index (χ1v) is 9.22. The van der Waals surface area contributed by atoms with Crippen LogP contribution in [0.5, 0.6) is 0 Å². The van der Waals surface area contributed by atoms with Gasteiger partial charge >= 0.3 is 0 Å². The van der Waals surface area contributed by atoms with Crippen LogP contribution in [0.2, 0.25) is 0 Å². The summed E-state index contributed by atoms with van der Waals surface area (Å²) >= 11 is 0. The van der Waals surface area contributed by atoms with Gasteiger partial charge in [0.05, 0.1) is 11.4 Å². The molecule has 2 fully saturated rings. The first-order valence-electron chi connectivity index (χ1n) is 7.61. The predicted molar refractivity (Wildman–Crippen MR) is 85.6 cm³/mol. The van der Waals surface area contributed by atoms with E-state index in [0.717, 1.165) is 13.1 Å². The van der Waals surface area contributed by atoms with Crippen molar-refractivity contribution >= 4 is 21.6 Å². The number of carbonyl (C=O) groups excluding carboxylic acids is 1. The fraction of sp³-hybridized carbons (Fsp3) is 0.533. The Morgan fingerprint density at radius 3 is 2.55 bits per heavy atom. The van der Waals surface area contributed by atoms with Crippen LogP contribution in [0, 0.1) is 0 Å². The number of amides is 1. The van der Waals surface area contributed by atoms with Crippen molar-refractivity contribution in [2.24, 2.45) is 0 Å². The Bertz CT molecular complexity index is 657. The molecule has 120 valence electrons. The SMILES string of the molecule is C[C@@H]1CNCCN1C(=O)c1ccc(N2CCCS2(=O)=O)cc1. The number of nitrogens with one attached hydrogen (secondary N) is 1. The second-order valence-corrected chi connectivity index (χ2v) is 7.85. The van der Waals surface area contributed by atoms with Crippen molar-refractivity contribution in [2.45, 2.75) is 19.4 Å². The van der Waals surface area contributed by atoms with Gasteiger partial charge in [-0.05, 0) is 37.6 Å². The van der Waals surface area contributed by atoms with Crippen LogP contribution in [0.15, 0.2) is 24.3 Å². The molecule has 3 rings (SSSR count). The highest BCUT2D eigenvalue weighted by Crippen LogP contribution is 2.24. The molecule has 22 heavy (non-hydrogen) atoms. The molecule has 1 N–H and O–H groups in total. The number of piperazine rings is 1. The molecule has 7 heteroatoms. The summed E-state index contributed by atoms with van der Waals surface area (Å²) in [5.41, 5.74) is 1.25. The maximum atomic E-state index is 12.5. The van der Waals surface area contributed by atoms with Crippen molar-refractivity contribution < 1.29 is 13.2 Å². The Morgan fingerprint density at radius 1 is 1.23 bits per heavy atom. The third kappa shape index (κ3) is 2.83. The number of benzene rings is 1. The van der Waals surface area contributed by atoms with E-state index in [2.05, 4.69) is 5.32 Å². The van der Waals surface area contributed by atoms with Crippen molar-refractivity contribution in [3.05, 3.63) is 29.8 Å². The van der Waals surface area contributed by atoms with E-state index in [1.165, 1.54) is 4.31 Å². The summed E-state index contributed by atoms with van der Waals surface area (Å²) in [6.45, 7) is 4.85. The zero-order chi connectivity index (χ0) is 15.7. The Hall–Kier alpha value is -1.60. The zero-order valence-electron chi connectivity index (χ0n) is 12.7. The predicted octanol–water partition coefficient (Wildman–Crippen LogP) is 0.660. The van der Waals surface area contributed by atoms with Gasteiger partial charge in [0.25, 0.3) is 5.91 Å². The Morgan fingerprint density at radius 2 is 1.95 bits per heavy atom. The van der Waals surface area contributed by atoms with E-state index < -0.39 is 10.0 Å². The van der Waals surface area contributed by atoms with Crippen molar-refractivity contribution in [2.75, 3.05) is 36.2 Å². The van der Waals surface area contributed by atoms with Gasteiger partial charge in [-0.25, -0.2) is 8.42 Å². The molecule has 1 amide bonds. The van der Waals surface area contributed by atoms with Crippen molar-refractivity contribution in [3.63, 3.8) is 0 Å². The van der Waals surface area contributed by atoms with Crippen LogP contribution in [0.3, 0.4) is 0 Å². The Labute approximate surface area is 131 Å². The van der Waals surface area contributed by atoms with Gasteiger partial charge in [0.15, 0.2) is 0 Å². The zero-order valence-corrected chi connectivity index (χ0v) is 13.5. The van der Waals surface area contributed by atoms with Gasteiger partial charge in [-0.3, -0.25) is 9.10 Å². The third-order valence-electron chi connectivity index (χ3n) is 4.26. The lowest BCUT2D eigenvalue weighted by atomic mass is 10.1. The molecule has 0 unspecified atom stereocenters. The molecule has 0 radical (unpaired) electrons. The standard InChI is InChI=1S/C15H21N3O3S/c1-12-11-16-7-9-17(12)15(19)13-3-5-14(6-4-13)18-8-2-10-22(18,20)21/h3-6,12,16H,2,7-11H2,1H3/t12-/m1/s1. The molecule has 0 saturated carbocycles. The second kappa shape index (κ2) is 5.89. The number of nitrogens with zero attached hydrogens (tertiary/aromatic N) is 2. The van der Waals surface area contributed by atoms with E-state index in [9.17, 15) is 13.2 Å². The van der Waals surface area contributed by atoms with Crippen molar-refractivity contribution in [1.82, 2.24) is 10.2 Å². The first kappa shape index (κ1) is 15.3. The van der Waals surface area contributed by atoms with Gasteiger partial charge in [-0.1, -0.05) is 0 Å². The van der Waals surface area contributed by atoms with Crippen LogP contribution in [0.1, 0.15) is 23.7 Å². The van der Waals surface area contributed by atoms with Gasteiger partial charge in [0, 0.05) is 37.8 Å². The van der Waals surface area contributed by atoms with E-state index in [0.29, 0.717) is 30.8 Å². The molecule has 0 aliphatic carbocycles. The molecule has 0 aromatic heterocycles. The number of hydrogen-bond acceptors (Lipinski definition) is 4. The normalized spacial score (nSPS) is 24.5. The van der Waals surface area contributed by atoms with Gasteiger partial charge in [0.2, 0.25) is 10.0 Å². The van der Waals surface area contributed by atoms with Crippen LogP contribution < -0.4 is 9.62 Å². The number of carbonyl (C=O) groups is 1. The number of anilines is 1. The van der Waals surface area contributed by atoms with Crippen LogP contribution in [-0.2, 0) is 10.0 Å². The molecule has 2 aliphatic heterocycles. The summed E-state index contributed by atoms with van der Waals surface area (Å²) in [5.74, 6) is 0.205. The smallest absolute Gasteiger partial charge is 0.254 e. The summed E-state index contributed by atoms with van der Waals surface area (Å²) in [7, 11) is -3.17. The second-order valence-electron chi connectivity index (χ2n) is 5.84. The number of rotatable bonds is 2. The van der Waals surface area contributed by atoms with E-state index >= 15 is 0 Å². The first-order chi connectivity index (χ1) is 10.5.